The van der Waals surface area contributed by atoms with E-state index in [2.05, 4.69) is 41.7 Å². The van der Waals surface area contributed by atoms with Crippen molar-refractivity contribution in [3.05, 3.63) is 47.3 Å². The molecule has 5 heteroatoms. The number of nitrogens with one attached hydrogen (secondary N) is 1. The van der Waals surface area contributed by atoms with Crippen LogP contribution < -0.4 is 16.0 Å². The molecule has 2 aromatic rings. The fraction of sp³-hybridized carbons (Fsp3) is 0.438. The molecule has 0 fully saturated rings. The maximum atomic E-state index is 5.90. The summed E-state index contributed by atoms with van der Waals surface area (Å²) in [5.74, 6) is 7.05. The van der Waals surface area contributed by atoms with Gasteiger partial charge >= 0.3 is 0 Å². The molecule has 0 saturated carbocycles. The Hall–Kier alpha value is -1.85. The van der Waals surface area contributed by atoms with E-state index in [1.165, 1.54) is 11.1 Å². The van der Waals surface area contributed by atoms with E-state index in [0.29, 0.717) is 5.92 Å². The molecule has 0 amide bonds. The van der Waals surface area contributed by atoms with Gasteiger partial charge in [-0.05, 0) is 30.9 Å². The van der Waals surface area contributed by atoms with Gasteiger partial charge < -0.3 is 4.74 Å². The Labute approximate surface area is 125 Å². The van der Waals surface area contributed by atoms with Gasteiger partial charge in [-0.15, -0.1) is 0 Å². The van der Waals surface area contributed by atoms with Gasteiger partial charge in [0.15, 0.2) is 5.75 Å². The molecule has 0 radical (unpaired) electrons. The first-order chi connectivity index (χ1) is 10.3. The Morgan fingerprint density at radius 1 is 1.48 bits per heavy atom. The van der Waals surface area contributed by atoms with Crippen LogP contribution in [-0.2, 0) is 13.0 Å². The highest BCUT2D eigenvalue weighted by Gasteiger charge is 2.33. The molecular weight excluding hydrogens is 264 g/mol. The van der Waals surface area contributed by atoms with Crippen LogP contribution in [-0.4, -0.2) is 16.9 Å². The topological polar surface area (TPSA) is 65.1 Å². The number of rotatable bonds is 5. The molecule has 0 aliphatic heterocycles. The fourth-order valence-electron chi connectivity index (χ4n) is 3.42. The lowest BCUT2D eigenvalue weighted by atomic mass is 9.91. The van der Waals surface area contributed by atoms with Crippen molar-refractivity contribution in [3.8, 4) is 5.75 Å². The third kappa shape index (κ3) is 2.32. The number of fused-ring (bicyclic) bond motifs is 1. The molecule has 1 aliphatic rings. The molecule has 0 spiro atoms. The van der Waals surface area contributed by atoms with Gasteiger partial charge in [-0.2, -0.15) is 5.10 Å². The Kier molecular flexibility index (Phi) is 3.94. The number of hydrazine groups is 1. The summed E-state index contributed by atoms with van der Waals surface area (Å²) in [5.41, 5.74) is 6.83. The van der Waals surface area contributed by atoms with Gasteiger partial charge in [0.1, 0.15) is 0 Å². The number of methoxy groups -OCH3 is 1. The zero-order valence-electron chi connectivity index (χ0n) is 12.5. The van der Waals surface area contributed by atoms with E-state index in [-0.39, 0.29) is 6.04 Å². The molecule has 21 heavy (non-hydrogen) atoms. The average Bonchev–Trinajstić information content (AvgIpc) is 3.13. The van der Waals surface area contributed by atoms with E-state index in [1.807, 2.05) is 4.68 Å². The lowest BCUT2D eigenvalue weighted by molar-refractivity contribution is 0.371. The highest BCUT2D eigenvalue weighted by molar-refractivity contribution is 5.39. The van der Waals surface area contributed by atoms with Crippen LogP contribution in [0.25, 0.3) is 0 Å². The van der Waals surface area contributed by atoms with Crippen LogP contribution in [0.15, 0.2) is 30.5 Å². The molecule has 0 bridgehead atoms. The van der Waals surface area contributed by atoms with Gasteiger partial charge in [0.05, 0.1) is 25.0 Å². The molecule has 0 saturated heterocycles. The SMILES string of the molecule is CCn1ncc(OC)c1C(NN)C1CCc2ccccc21. The van der Waals surface area contributed by atoms with Crippen LogP contribution in [0.4, 0.5) is 0 Å². The summed E-state index contributed by atoms with van der Waals surface area (Å²) in [6.45, 7) is 2.87. The number of hydrogen-bond acceptors (Lipinski definition) is 4. The molecule has 2 atom stereocenters. The standard InChI is InChI=1S/C16H22N4O/c1-3-20-16(14(21-2)10-18-20)15(19-17)13-9-8-11-6-4-5-7-12(11)13/h4-7,10,13,15,19H,3,8-9,17H2,1-2H3. The van der Waals surface area contributed by atoms with Crippen LogP contribution in [0.2, 0.25) is 0 Å². The van der Waals surface area contributed by atoms with Crippen molar-refractivity contribution in [3.63, 3.8) is 0 Å². The summed E-state index contributed by atoms with van der Waals surface area (Å²) in [6, 6.07) is 8.61. The van der Waals surface area contributed by atoms with Crippen molar-refractivity contribution >= 4 is 0 Å². The van der Waals surface area contributed by atoms with E-state index < -0.39 is 0 Å². The van der Waals surface area contributed by atoms with Crippen molar-refractivity contribution < 1.29 is 4.74 Å². The number of aromatic nitrogens is 2. The number of nitrogens with zero attached hydrogens (tertiary/aromatic N) is 2. The Balaban J connectivity index is 2.02. The minimum atomic E-state index is 0.00560. The van der Waals surface area contributed by atoms with Gasteiger partial charge in [0, 0.05) is 12.5 Å². The molecule has 5 nitrogen and oxygen atoms in total. The maximum Gasteiger partial charge on any atom is 0.161 e. The minimum absolute atomic E-state index is 0.00560. The van der Waals surface area contributed by atoms with E-state index in [1.54, 1.807) is 13.3 Å². The summed E-state index contributed by atoms with van der Waals surface area (Å²) in [5, 5.41) is 4.40. The normalized spacial score (nSPS) is 18.5. The third-order valence-electron chi connectivity index (χ3n) is 4.42. The number of ether oxygens (including phenoxy) is 1. The molecule has 3 N–H and O–H groups in total. The second-order valence-electron chi connectivity index (χ2n) is 5.40. The minimum Gasteiger partial charge on any atom is -0.493 e. The monoisotopic (exact) mass is 286 g/mol. The largest absolute Gasteiger partial charge is 0.493 e. The summed E-state index contributed by atoms with van der Waals surface area (Å²) >= 11 is 0. The highest BCUT2D eigenvalue weighted by atomic mass is 16.5. The number of aryl methyl sites for hydroxylation is 2. The molecule has 1 heterocycles. The Morgan fingerprint density at radius 2 is 2.29 bits per heavy atom. The number of hydrogen-bond donors (Lipinski definition) is 2. The van der Waals surface area contributed by atoms with Crippen LogP contribution in [0.5, 0.6) is 5.75 Å². The second kappa shape index (κ2) is 5.87. The summed E-state index contributed by atoms with van der Waals surface area (Å²) < 4.78 is 7.44. The van der Waals surface area contributed by atoms with Crippen molar-refractivity contribution in [1.29, 1.82) is 0 Å². The Morgan fingerprint density at radius 3 is 3.00 bits per heavy atom. The van der Waals surface area contributed by atoms with E-state index in [4.69, 9.17) is 10.6 Å². The molecule has 3 rings (SSSR count). The van der Waals surface area contributed by atoms with Crippen molar-refractivity contribution in [2.75, 3.05) is 7.11 Å². The van der Waals surface area contributed by atoms with Gasteiger partial charge in [-0.25, -0.2) is 0 Å². The zero-order valence-corrected chi connectivity index (χ0v) is 12.5. The van der Waals surface area contributed by atoms with Gasteiger partial charge in [0.2, 0.25) is 0 Å². The van der Waals surface area contributed by atoms with Crippen molar-refractivity contribution in [1.82, 2.24) is 15.2 Å². The average molecular weight is 286 g/mol. The summed E-state index contributed by atoms with van der Waals surface area (Å²) in [4.78, 5) is 0. The zero-order chi connectivity index (χ0) is 14.8. The van der Waals surface area contributed by atoms with Crippen molar-refractivity contribution in [2.24, 2.45) is 5.84 Å². The third-order valence-corrected chi connectivity index (χ3v) is 4.42. The quantitative estimate of drug-likeness (QED) is 0.653. The smallest absolute Gasteiger partial charge is 0.161 e. The predicted molar refractivity (Wildman–Crippen MR) is 82.0 cm³/mol. The number of nitrogens with two attached hydrogens (primary N) is 1. The second-order valence-corrected chi connectivity index (χ2v) is 5.40. The summed E-state index contributed by atoms with van der Waals surface area (Å²) in [6.07, 6.45) is 3.96. The van der Waals surface area contributed by atoms with Gasteiger partial charge in [0.25, 0.3) is 0 Å². The van der Waals surface area contributed by atoms with Crippen LogP contribution in [0.1, 0.15) is 42.1 Å². The Bertz CT molecular complexity index is 601. The van der Waals surface area contributed by atoms with Crippen LogP contribution in [0, 0.1) is 0 Å². The highest BCUT2D eigenvalue weighted by Crippen LogP contribution is 2.43. The van der Waals surface area contributed by atoms with Crippen LogP contribution >= 0.6 is 0 Å². The lowest BCUT2D eigenvalue weighted by Crippen LogP contribution is -2.34. The molecular formula is C16H22N4O. The molecule has 1 aromatic heterocycles. The lowest BCUT2D eigenvalue weighted by Gasteiger charge is -2.25. The predicted octanol–water partition coefficient (Wildman–Crippen LogP) is 2.15. The fourth-order valence-corrected chi connectivity index (χ4v) is 3.42. The summed E-state index contributed by atoms with van der Waals surface area (Å²) in [7, 11) is 1.68. The van der Waals surface area contributed by atoms with Crippen molar-refractivity contribution in [2.45, 2.75) is 38.3 Å². The van der Waals surface area contributed by atoms with Gasteiger partial charge in [-0.3, -0.25) is 16.0 Å². The number of benzene rings is 1. The van der Waals surface area contributed by atoms with E-state index in [0.717, 1.165) is 30.8 Å². The molecule has 1 aromatic carbocycles. The van der Waals surface area contributed by atoms with E-state index in [9.17, 15) is 0 Å². The first-order valence-corrected chi connectivity index (χ1v) is 7.43. The molecule has 2 unspecified atom stereocenters. The first-order valence-electron chi connectivity index (χ1n) is 7.43. The van der Waals surface area contributed by atoms with Gasteiger partial charge in [-0.1, -0.05) is 24.3 Å². The molecule has 112 valence electrons. The van der Waals surface area contributed by atoms with E-state index >= 15 is 0 Å². The van der Waals surface area contributed by atoms with Crippen LogP contribution in [0.3, 0.4) is 0 Å². The molecule has 1 aliphatic carbocycles. The first kappa shape index (κ1) is 14.1. The maximum absolute atomic E-state index is 5.90.